The molecule has 46 valence electrons. The molecule has 0 aromatic carbocycles. The summed E-state index contributed by atoms with van der Waals surface area (Å²) in [6, 6.07) is 0. The summed E-state index contributed by atoms with van der Waals surface area (Å²) in [4.78, 5) is 10.2. The van der Waals surface area contributed by atoms with Crippen molar-refractivity contribution in [1.29, 1.82) is 0 Å². The molecule has 1 aliphatic rings. The minimum Gasteiger partial charge on any atom is -0.303 e. The van der Waals surface area contributed by atoms with E-state index in [4.69, 9.17) is 0 Å². The van der Waals surface area contributed by atoms with Crippen LogP contribution < -0.4 is 0 Å². The molecular formula is C7H12O. The fourth-order valence-corrected chi connectivity index (χ4v) is 1.38. The van der Waals surface area contributed by atoms with Gasteiger partial charge in [-0.2, -0.15) is 0 Å². The highest BCUT2D eigenvalue weighted by Crippen LogP contribution is 2.28. The number of hydrogen-bond donors (Lipinski definition) is 0. The third kappa shape index (κ3) is 0.908. The Morgan fingerprint density at radius 3 is 2.50 bits per heavy atom. The highest BCUT2D eigenvalue weighted by atomic mass is 16.1. The summed E-state index contributed by atoms with van der Waals surface area (Å²) in [7, 11) is 0. The maximum atomic E-state index is 10.2. The summed E-state index contributed by atoms with van der Waals surface area (Å²) >= 11 is 0. The lowest BCUT2D eigenvalue weighted by Gasteiger charge is -2.03. The summed E-state index contributed by atoms with van der Waals surface area (Å²) < 4.78 is 0. The molecule has 0 aromatic heterocycles. The van der Waals surface area contributed by atoms with E-state index in [1.807, 2.05) is 0 Å². The molecule has 8 heavy (non-hydrogen) atoms. The standard InChI is InChI=1S/C7H12O/c1-6-3-2-4-7(6)5-8/h5-7H,2-4H2,1H3/t6-,7-/m0/s1. The minimum absolute atomic E-state index is 0.384. The van der Waals surface area contributed by atoms with Crippen LogP contribution in [0, 0.1) is 11.8 Å². The van der Waals surface area contributed by atoms with Crippen LogP contribution in [0.25, 0.3) is 0 Å². The van der Waals surface area contributed by atoms with E-state index in [2.05, 4.69) is 6.92 Å². The predicted octanol–water partition coefficient (Wildman–Crippen LogP) is 1.62. The Morgan fingerprint density at radius 1 is 1.50 bits per heavy atom. The van der Waals surface area contributed by atoms with Crippen LogP contribution in [0.2, 0.25) is 0 Å². The summed E-state index contributed by atoms with van der Waals surface area (Å²) in [6.45, 7) is 2.16. The number of hydrogen-bond acceptors (Lipinski definition) is 1. The molecule has 0 amide bonds. The molecule has 0 unspecified atom stereocenters. The van der Waals surface area contributed by atoms with Crippen LogP contribution in [0.1, 0.15) is 26.2 Å². The maximum Gasteiger partial charge on any atom is 0.123 e. The first-order valence-electron chi connectivity index (χ1n) is 3.30. The summed E-state index contributed by atoms with van der Waals surface area (Å²) in [5.41, 5.74) is 0. The van der Waals surface area contributed by atoms with Gasteiger partial charge in [0.1, 0.15) is 6.29 Å². The van der Waals surface area contributed by atoms with Crippen LogP contribution in [0.4, 0.5) is 0 Å². The Kier molecular flexibility index (Phi) is 1.66. The number of carbonyl (C=O) groups excluding carboxylic acids is 1. The third-order valence-electron chi connectivity index (χ3n) is 2.10. The van der Waals surface area contributed by atoms with E-state index in [1.54, 1.807) is 0 Å². The topological polar surface area (TPSA) is 17.1 Å². The van der Waals surface area contributed by atoms with Gasteiger partial charge in [0.05, 0.1) is 0 Å². The second kappa shape index (κ2) is 2.29. The predicted molar refractivity (Wildman–Crippen MR) is 32.6 cm³/mol. The highest BCUT2D eigenvalue weighted by molar-refractivity contribution is 5.54. The van der Waals surface area contributed by atoms with Crippen LogP contribution in [-0.4, -0.2) is 6.29 Å². The normalized spacial score (nSPS) is 37.6. The van der Waals surface area contributed by atoms with Crippen molar-refractivity contribution in [2.75, 3.05) is 0 Å². The molecule has 0 spiro atoms. The Balaban J connectivity index is 2.41. The van der Waals surface area contributed by atoms with Crippen LogP contribution in [0.15, 0.2) is 0 Å². The first-order valence-corrected chi connectivity index (χ1v) is 3.30. The van der Waals surface area contributed by atoms with E-state index in [0.29, 0.717) is 11.8 Å². The van der Waals surface area contributed by atoms with Crippen LogP contribution in [-0.2, 0) is 4.79 Å². The smallest absolute Gasteiger partial charge is 0.123 e. The molecule has 0 saturated heterocycles. The van der Waals surface area contributed by atoms with Gasteiger partial charge >= 0.3 is 0 Å². The Hall–Kier alpha value is -0.330. The molecule has 1 saturated carbocycles. The quantitative estimate of drug-likeness (QED) is 0.471. The fourth-order valence-electron chi connectivity index (χ4n) is 1.38. The van der Waals surface area contributed by atoms with E-state index < -0.39 is 0 Å². The van der Waals surface area contributed by atoms with Crippen LogP contribution in [0.5, 0.6) is 0 Å². The van der Waals surface area contributed by atoms with Crippen molar-refractivity contribution in [2.45, 2.75) is 26.2 Å². The molecule has 0 aliphatic heterocycles. The first kappa shape index (κ1) is 5.80. The molecule has 2 atom stereocenters. The molecule has 1 heteroatoms. The van der Waals surface area contributed by atoms with Crippen LogP contribution >= 0.6 is 0 Å². The first-order chi connectivity index (χ1) is 3.84. The van der Waals surface area contributed by atoms with Gasteiger partial charge in [-0.15, -0.1) is 0 Å². The van der Waals surface area contributed by atoms with E-state index in [1.165, 1.54) is 12.8 Å². The number of aldehydes is 1. The monoisotopic (exact) mass is 112 g/mol. The lowest BCUT2D eigenvalue weighted by Crippen LogP contribution is -2.03. The SMILES string of the molecule is C[C@H]1CCC[C@H]1C=O. The molecule has 1 fully saturated rings. The Morgan fingerprint density at radius 2 is 2.25 bits per heavy atom. The van der Waals surface area contributed by atoms with Crippen molar-refractivity contribution < 1.29 is 4.79 Å². The van der Waals surface area contributed by atoms with Gasteiger partial charge in [0.25, 0.3) is 0 Å². The summed E-state index contributed by atoms with van der Waals surface area (Å²) in [6.07, 6.45) is 4.75. The van der Waals surface area contributed by atoms with Crippen molar-refractivity contribution in [1.82, 2.24) is 0 Å². The van der Waals surface area contributed by atoms with E-state index in [9.17, 15) is 4.79 Å². The zero-order chi connectivity index (χ0) is 5.98. The minimum atomic E-state index is 0.384. The summed E-state index contributed by atoms with van der Waals surface area (Å²) in [5, 5.41) is 0. The van der Waals surface area contributed by atoms with E-state index in [0.717, 1.165) is 12.7 Å². The second-order valence-electron chi connectivity index (χ2n) is 2.71. The largest absolute Gasteiger partial charge is 0.303 e. The van der Waals surface area contributed by atoms with E-state index in [-0.39, 0.29) is 0 Å². The molecular weight excluding hydrogens is 100 g/mol. The molecule has 1 aliphatic carbocycles. The van der Waals surface area contributed by atoms with Crippen molar-refractivity contribution >= 4 is 6.29 Å². The average molecular weight is 112 g/mol. The molecule has 0 heterocycles. The number of carbonyl (C=O) groups is 1. The zero-order valence-corrected chi connectivity index (χ0v) is 5.26. The van der Waals surface area contributed by atoms with E-state index >= 15 is 0 Å². The van der Waals surface area contributed by atoms with Crippen molar-refractivity contribution in [3.05, 3.63) is 0 Å². The molecule has 1 nitrogen and oxygen atoms in total. The lowest BCUT2D eigenvalue weighted by molar-refractivity contribution is -0.111. The van der Waals surface area contributed by atoms with Gasteiger partial charge in [0, 0.05) is 5.92 Å². The maximum absolute atomic E-state index is 10.2. The fraction of sp³-hybridized carbons (Fsp3) is 0.857. The molecule has 0 N–H and O–H groups in total. The summed E-state index contributed by atoms with van der Waals surface area (Å²) in [5.74, 6) is 1.04. The highest BCUT2D eigenvalue weighted by Gasteiger charge is 2.21. The molecule has 0 aromatic rings. The van der Waals surface area contributed by atoms with Gasteiger partial charge in [-0.05, 0) is 12.3 Å². The second-order valence-corrected chi connectivity index (χ2v) is 2.71. The van der Waals surface area contributed by atoms with Gasteiger partial charge < -0.3 is 4.79 Å². The average Bonchev–Trinajstić information content (AvgIpc) is 2.14. The lowest BCUT2D eigenvalue weighted by atomic mass is 10.0. The Bertz CT molecular complexity index is 88.4. The third-order valence-corrected chi connectivity index (χ3v) is 2.10. The van der Waals surface area contributed by atoms with Crippen molar-refractivity contribution in [3.63, 3.8) is 0 Å². The molecule has 0 bridgehead atoms. The Labute approximate surface area is 50.1 Å². The molecule has 1 rings (SSSR count). The molecule has 0 radical (unpaired) electrons. The van der Waals surface area contributed by atoms with Gasteiger partial charge in [-0.25, -0.2) is 0 Å². The van der Waals surface area contributed by atoms with Gasteiger partial charge in [-0.3, -0.25) is 0 Å². The van der Waals surface area contributed by atoms with Crippen LogP contribution in [0.3, 0.4) is 0 Å². The van der Waals surface area contributed by atoms with Crippen molar-refractivity contribution in [2.24, 2.45) is 11.8 Å². The van der Waals surface area contributed by atoms with Gasteiger partial charge in [0.15, 0.2) is 0 Å². The zero-order valence-electron chi connectivity index (χ0n) is 5.26. The van der Waals surface area contributed by atoms with Gasteiger partial charge in [0.2, 0.25) is 0 Å². The number of rotatable bonds is 1. The van der Waals surface area contributed by atoms with Crippen molar-refractivity contribution in [3.8, 4) is 0 Å². The van der Waals surface area contributed by atoms with Gasteiger partial charge in [-0.1, -0.05) is 19.8 Å².